The lowest BCUT2D eigenvalue weighted by atomic mass is 9.88. The zero-order valence-corrected chi connectivity index (χ0v) is 24.7. The predicted molar refractivity (Wildman–Crippen MR) is 149 cm³/mol. The third kappa shape index (κ3) is 7.24. The van der Waals surface area contributed by atoms with Crippen molar-refractivity contribution in [3.8, 4) is 0 Å². The van der Waals surface area contributed by atoms with E-state index < -0.39 is 40.9 Å². The smallest absolute Gasteiger partial charge is 0.420 e. The second-order valence-electron chi connectivity index (χ2n) is 10.5. The molecule has 0 bridgehead atoms. The summed E-state index contributed by atoms with van der Waals surface area (Å²) in [5.41, 5.74) is 0.759. The van der Waals surface area contributed by atoms with Crippen molar-refractivity contribution < 1.29 is 32.2 Å². The number of alkyl halides is 3. The topological polar surface area (TPSA) is 55.8 Å². The lowest BCUT2D eigenvalue weighted by Gasteiger charge is -2.32. The number of carbonyl (C=O) groups excluding carboxylic acids is 2. The van der Waals surface area contributed by atoms with Crippen molar-refractivity contribution in [3.05, 3.63) is 74.6 Å². The highest BCUT2D eigenvalue weighted by molar-refractivity contribution is 8.03. The van der Waals surface area contributed by atoms with Gasteiger partial charge in [0.1, 0.15) is 10.3 Å². The van der Waals surface area contributed by atoms with Crippen LogP contribution in [0.15, 0.2) is 47.9 Å². The molecule has 1 aliphatic rings. The van der Waals surface area contributed by atoms with Crippen molar-refractivity contribution in [2.24, 2.45) is 0 Å². The summed E-state index contributed by atoms with van der Waals surface area (Å²) in [5, 5.41) is 1.74. The molecule has 0 spiro atoms. The standard InChI is InChI=1S/C28H30Cl2F3NO4S/c1-16(2)37-24(35)34(25(36)38-26(4,5)6)17(3)18-7-9-19(10-8-18)20-14-27(39-15-20,28(31,32)33)21-11-22(29)13-23(30)12-21/h7-13,15-17H,14H2,1-6H3/t17-,27?/m0/s1. The van der Waals surface area contributed by atoms with Crippen LogP contribution in [0.4, 0.5) is 22.8 Å². The molecule has 1 aliphatic heterocycles. The summed E-state index contributed by atoms with van der Waals surface area (Å²) in [7, 11) is 0. The largest absolute Gasteiger partial charge is 0.446 e. The van der Waals surface area contributed by atoms with Gasteiger partial charge in [0, 0.05) is 16.5 Å². The Balaban J connectivity index is 1.89. The molecule has 0 aromatic heterocycles. The first-order valence-corrected chi connectivity index (χ1v) is 13.8. The minimum Gasteiger partial charge on any atom is -0.446 e. The van der Waals surface area contributed by atoms with E-state index in [-0.39, 0.29) is 22.0 Å². The van der Waals surface area contributed by atoms with Crippen LogP contribution in [0.3, 0.4) is 0 Å². The van der Waals surface area contributed by atoms with E-state index in [2.05, 4.69) is 0 Å². The molecular weight excluding hydrogens is 574 g/mol. The fourth-order valence-corrected chi connectivity index (χ4v) is 5.78. The Kier molecular flexibility index (Phi) is 9.30. The van der Waals surface area contributed by atoms with Gasteiger partial charge in [-0.15, -0.1) is 11.8 Å². The normalized spacial score (nSPS) is 18.5. The summed E-state index contributed by atoms with van der Waals surface area (Å²) in [6, 6.07) is 9.85. The van der Waals surface area contributed by atoms with Gasteiger partial charge >= 0.3 is 18.4 Å². The van der Waals surface area contributed by atoms with Gasteiger partial charge in [-0.2, -0.15) is 13.2 Å². The van der Waals surface area contributed by atoms with Gasteiger partial charge in [-0.05, 0) is 87.4 Å². The average Bonchev–Trinajstić information content (AvgIpc) is 3.24. The van der Waals surface area contributed by atoms with Gasteiger partial charge in [0.15, 0.2) is 0 Å². The molecule has 3 rings (SSSR count). The lowest BCUT2D eigenvalue weighted by molar-refractivity contribution is -0.160. The van der Waals surface area contributed by atoms with E-state index in [1.165, 1.54) is 23.6 Å². The number of thioether (sulfide) groups is 1. The van der Waals surface area contributed by atoms with Crippen molar-refractivity contribution in [1.82, 2.24) is 4.90 Å². The van der Waals surface area contributed by atoms with Gasteiger partial charge in [-0.1, -0.05) is 47.5 Å². The van der Waals surface area contributed by atoms with Gasteiger partial charge in [0.05, 0.1) is 12.1 Å². The molecule has 0 fully saturated rings. The summed E-state index contributed by atoms with van der Waals surface area (Å²) in [5.74, 6) is 0. The SMILES string of the molecule is CC(C)OC(=O)N(C(=O)OC(C)(C)C)[C@@H](C)c1ccc(C2=CSC(c3cc(Cl)cc(Cl)c3)(C(F)(F)F)C2)cc1. The average molecular weight is 605 g/mol. The van der Waals surface area contributed by atoms with Crippen LogP contribution < -0.4 is 0 Å². The summed E-state index contributed by atoms with van der Waals surface area (Å²) >= 11 is 12.7. The highest BCUT2D eigenvalue weighted by atomic mass is 35.5. The van der Waals surface area contributed by atoms with Crippen LogP contribution >= 0.6 is 35.0 Å². The van der Waals surface area contributed by atoms with Gasteiger partial charge in [-0.25, -0.2) is 14.5 Å². The number of halogens is 5. The Bertz CT molecular complexity index is 1240. The Morgan fingerprint density at radius 1 is 0.974 bits per heavy atom. The third-order valence-corrected chi connectivity index (χ3v) is 7.76. The van der Waals surface area contributed by atoms with Crippen molar-refractivity contribution in [1.29, 1.82) is 0 Å². The number of allylic oxidation sites excluding steroid dienone is 1. The second kappa shape index (κ2) is 11.6. The molecule has 39 heavy (non-hydrogen) atoms. The molecule has 0 saturated carbocycles. The second-order valence-corrected chi connectivity index (χ2v) is 12.5. The minimum atomic E-state index is -4.58. The number of rotatable bonds is 5. The van der Waals surface area contributed by atoms with Crippen LogP contribution in [0.1, 0.15) is 70.7 Å². The predicted octanol–water partition coefficient (Wildman–Crippen LogP) is 9.77. The van der Waals surface area contributed by atoms with Crippen molar-refractivity contribution >= 4 is 52.7 Å². The zero-order valence-electron chi connectivity index (χ0n) is 22.4. The highest BCUT2D eigenvalue weighted by Crippen LogP contribution is 2.60. The number of hydrogen-bond donors (Lipinski definition) is 0. The summed E-state index contributed by atoms with van der Waals surface area (Å²) in [6.45, 7) is 10.0. The summed E-state index contributed by atoms with van der Waals surface area (Å²) in [4.78, 5) is 26.6. The minimum absolute atomic E-state index is 0.0225. The quantitative estimate of drug-likeness (QED) is 0.340. The molecule has 0 saturated heterocycles. The number of hydrogen-bond acceptors (Lipinski definition) is 5. The van der Waals surface area contributed by atoms with Crippen LogP contribution in [0.2, 0.25) is 10.0 Å². The third-order valence-electron chi connectivity index (χ3n) is 5.90. The maximum atomic E-state index is 14.4. The molecule has 2 amide bonds. The zero-order chi connectivity index (χ0) is 29.3. The van der Waals surface area contributed by atoms with E-state index in [4.69, 9.17) is 32.7 Å². The van der Waals surface area contributed by atoms with E-state index in [1.54, 1.807) is 65.8 Å². The highest BCUT2D eigenvalue weighted by Gasteiger charge is 2.58. The van der Waals surface area contributed by atoms with Crippen molar-refractivity contribution in [2.45, 2.75) is 76.6 Å². The fourth-order valence-electron chi connectivity index (χ4n) is 4.07. The Labute approximate surface area is 240 Å². The number of benzene rings is 2. The van der Waals surface area contributed by atoms with Crippen LogP contribution in [0.5, 0.6) is 0 Å². The Morgan fingerprint density at radius 2 is 1.54 bits per heavy atom. The van der Waals surface area contributed by atoms with E-state index in [9.17, 15) is 22.8 Å². The summed E-state index contributed by atoms with van der Waals surface area (Å²) in [6.07, 6.45) is -7.09. The van der Waals surface area contributed by atoms with Gasteiger partial charge < -0.3 is 9.47 Å². The molecule has 1 heterocycles. The Morgan fingerprint density at radius 3 is 2.03 bits per heavy atom. The van der Waals surface area contributed by atoms with Crippen molar-refractivity contribution in [2.75, 3.05) is 0 Å². The molecule has 2 aromatic rings. The first-order valence-electron chi connectivity index (χ1n) is 12.2. The van der Waals surface area contributed by atoms with Gasteiger partial charge in [0.25, 0.3) is 0 Å². The van der Waals surface area contributed by atoms with Crippen LogP contribution in [-0.4, -0.2) is 35.0 Å². The molecule has 5 nitrogen and oxygen atoms in total. The van der Waals surface area contributed by atoms with E-state index >= 15 is 0 Å². The van der Waals surface area contributed by atoms with E-state index in [0.29, 0.717) is 28.5 Å². The molecule has 2 atom stereocenters. The number of nitrogens with zero attached hydrogens (tertiary/aromatic N) is 1. The van der Waals surface area contributed by atoms with E-state index in [0.717, 1.165) is 4.90 Å². The fraction of sp³-hybridized carbons (Fsp3) is 0.429. The van der Waals surface area contributed by atoms with Crippen LogP contribution in [0.25, 0.3) is 5.57 Å². The molecule has 1 unspecified atom stereocenters. The molecule has 0 radical (unpaired) electrons. The van der Waals surface area contributed by atoms with Gasteiger partial charge in [0.2, 0.25) is 0 Å². The number of imide groups is 1. The monoisotopic (exact) mass is 603 g/mol. The van der Waals surface area contributed by atoms with E-state index in [1.807, 2.05) is 0 Å². The summed E-state index contributed by atoms with van der Waals surface area (Å²) < 4.78 is 51.7. The van der Waals surface area contributed by atoms with Crippen LogP contribution in [-0.2, 0) is 14.2 Å². The number of amides is 2. The molecule has 2 aromatic carbocycles. The first kappa shape index (κ1) is 31.2. The molecule has 0 N–H and O–H groups in total. The van der Waals surface area contributed by atoms with Crippen molar-refractivity contribution in [3.63, 3.8) is 0 Å². The number of ether oxygens (including phenoxy) is 2. The molecule has 212 valence electrons. The molecular formula is C28H30Cl2F3NO4S. The Hall–Kier alpha value is -2.36. The molecule has 11 heteroatoms. The first-order chi connectivity index (χ1) is 17.9. The lowest BCUT2D eigenvalue weighted by Crippen LogP contribution is -2.43. The van der Waals surface area contributed by atoms with Crippen LogP contribution in [0, 0.1) is 0 Å². The number of carbonyl (C=O) groups is 2. The van der Waals surface area contributed by atoms with Gasteiger partial charge in [-0.3, -0.25) is 0 Å². The molecule has 0 aliphatic carbocycles. The maximum absolute atomic E-state index is 14.4. The maximum Gasteiger partial charge on any atom is 0.420 e.